The number of aliphatic hydroxyl groups is 1. The number of aliphatic hydroxyl groups excluding tert-OH is 1. The second-order valence-corrected chi connectivity index (χ2v) is 7.05. The van der Waals surface area contributed by atoms with Gasteiger partial charge in [-0.05, 0) is 31.0 Å². The lowest BCUT2D eigenvalue weighted by molar-refractivity contribution is -0.139. The number of nitrogens with two attached hydrogens (primary N) is 2. The molecule has 0 saturated carbocycles. The Bertz CT molecular complexity index is 843. The molecule has 0 spiro atoms. The maximum atomic E-state index is 12.6. The average Bonchev–Trinajstić information content (AvgIpc) is 2.70. The normalized spacial score (nSPS) is 14.3. The van der Waals surface area contributed by atoms with Crippen molar-refractivity contribution in [1.82, 2.24) is 16.0 Å². The van der Waals surface area contributed by atoms with Crippen molar-refractivity contribution in [3.8, 4) is 5.75 Å². The Morgan fingerprint density at radius 1 is 1.00 bits per heavy atom. The van der Waals surface area contributed by atoms with Crippen LogP contribution in [0.15, 0.2) is 24.3 Å². The number of carboxylic acids is 1. The van der Waals surface area contributed by atoms with Gasteiger partial charge in [-0.3, -0.25) is 24.0 Å². The Hall–Kier alpha value is -3.71. The van der Waals surface area contributed by atoms with Crippen LogP contribution in [-0.4, -0.2) is 75.7 Å². The van der Waals surface area contributed by atoms with Gasteiger partial charge in [0.15, 0.2) is 0 Å². The van der Waals surface area contributed by atoms with Gasteiger partial charge >= 0.3 is 5.97 Å². The predicted octanol–water partition coefficient (Wildman–Crippen LogP) is -3.31. The zero-order valence-corrected chi connectivity index (χ0v) is 17.3. The van der Waals surface area contributed by atoms with Crippen molar-refractivity contribution in [1.29, 1.82) is 0 Å². The molecule has 1 aromatic rings. The fraction of sp³-hybridized carbons (Fsp3) is 0.421. The summed E-state index contributed by atoms with van der Waals surface area (Å²) in [4.78, 5) is 59.0. The minimum atomic E-state index is -1.56. The Morgan fingerprint density at radius 2 is 1.59 bits per heavy atom. The lowest BCUT2D eigenvalue weighted by Crippen LogP contribution is -2.59. The topological polar surface area (TPSA) is 234 Å². The number of carboxylic acid groups (broad SMARTS) is 1. The van der Waals surface area contributed by atoms with Gasteiger partial charge in [0.05, 0.1) is 18.6 Å². The zero-order chi connectivity index (χ0) is 24.4. The van der Waals surface area contributed by atoms with E-state index in [0.29, 0.717) is 5.56 Å². The average molecular weight is 453 g/mol. The maximum absolute atomic E-state index is 12.6. The van der Waals surface area contributed by atoms with Crippen LogP contribution >= 0.6 is 0 Å². The van der Waals surface area contributed by atoms with E-state index < -0.39 is 66.8 Å². The summed E-state index contributed by atoms with van der Waals surface area (Å²) in [5.41, 5.74) is 11.6. The Kier molecular flexibility index (Phi) is 10.1. The lowest BCUT2D eigenvalue weighted by Gasteiger charge is -2.24. The first kappa shape index (κ1) is 26.3. The van der Waals surface area contributed by atoms with Gasteiger partial charge in [-0.1, -0.05) is 12.1 Å². The smallest absolute Gasteiger partial charge is 0.322 e. The summed E-state index contributed by atoms with van der Waals surface area (Å²) in [5, 5.41) is 34.2. The summed E-state index contributed by atoms with van der Waals surface area (Å²) in [7, 11) is 0. The Morgan fingerprint density at radius 3 is 2.09 bits per heavy atom. The van der Waals surface area contributed by atoms with Crippen LogP contribution in [0.2, 0.25) is 0 Å². The second-order valence-electron chi connectivity index (χ2n) is 7.05. The van der Waals surface area contributed by atoms with E-state index >= 15 is 0 Å². The number of phenols is 1. The molecule has 1 aromatic carbocycles. The van der Waals surface area contributed by atoms with Crippen molar-refractivity contribution in [3.05, 3.63) is 29.8 Å². The minimum Gasteiger partial charge on any atom is -0.508 e. The first-order valence-electron chi connectivity index (χ1n) is 9.50. The van der Waals surface area contributed by atoms with Crippen LogP contribution < -0.4 is 27.4 Å². The van der Waals surface area contributed by atoms with Crippen LogP contribution in [0.1, 0.15) is 18.9 Å². The van der Waals surface area contributed by atoms with Crippen molar-refractivity contribution in [2.24, 2.45) is 11.5 Å². The van der Waals surface area contributed by atoms with E-state index in [4.69, 9.17) is 16.6 Å². The van der Waals surface area contributed by atoms with Gasteiger partial charge in [-0.2, -0.15) is 0 Å². The first-order chi connectivity index (χ1) is 14.9. The van der Waals surface area contributed by atoms with E-state index in [9.17, 15) is 34.2 Å². The second kappa shape index (κ2) is 12.2. The number of phenolic OH excluding ortho intramolecular Hbond substituents is 1. The van der Waals surface area contributed by atoms with Crippen LogP contribution in [0, 0.1) is 0 Å². The third-order valence-electron chi connectivity index (χ3n) is 4.24. The van der Waals surface area contributed by atoms with E-state index in [-0.39, 0.29) is 12.2 Å². The first-order valence-corrected chi connectivity index (χ1v) is 9.50. The molecule has 0 aliphatic carbocycles. The van der Waals surface area contributed by atoms with Gasteiger partial charge in [0, 0.05) is 0 Å². The van der Waals surface area contributed by atoms with Gasteiger partial charge < -0.3 is 42.7 Å². The molecule has 13 heteroatoms. The van der Waals surface area contributed by atoms with Gasteiger partial charge in [-0.15, -0.1) is 0 Å². The molecule has 176 valence electrons. The molecular weight excluding hydrogens is 426 g/mol. The molecule has 4 unspecified atom stereocenters. The molecule has 4 amide bonds. The Balaban J connectivity index is 2.85. The van der Waals surface area contributed by atoms with Crippen LogP contribution in [0.5, 0.6) is 5.75 Å². The molecule has 4 atom stereocenters. The summed E-state index contributed by atoms with van der Waals surface area (Å²) < 4.78 is 0. The number of hydrogen-bond acceptors (Lipinski definition) is 8. The van der Waals surface area contributed by atoms with Crippen molar-refractivity contribution in [2.45, 2.75) is 44.0 Å². The number of hydrogen-bond donors (Lipinski definition) is 8. The van der Waals surface area contributed by atoms with Crippen molar-refractivity contribution < 1.29 is 39.3 Å². The van der Waals surface area contributed by atoms with Crippen LogP contribution in [0.25, 0.3) is 0 Å². The molecule has 0 heterocycles. The molecule has 10 N–H and O–H groups in total. The van der Waals surface area contributed by atoms with Gasteiger partial charge in [0.25, 0.3) is 0 Å². The number of amides is 4. The molecule has 0 aromatic heterocycles. The highest BCUT2D eigenvalue weighted by atomic mass is 16.4. The monoisotopic (exact) mass is 453 g/mol. The largest absolute Gasteiger partial charge is 0.508 e. The SMILES string of the molecule is CC(O)C(NC(=O)C(CC(N)=O)NC(=O)C(N)Cc1ccc(O)cc1)C(=O)NCC(=O)O. The summed E-state index contributed by atoms with van der Waals surface area (Å²) in [6.45, 7) is 0.437. The van der Waals surface area contributed by atoms with E-state index in [2.05, 4.69) is 10.6 Å². The van der Waals surface area contributed by atoms with E-state index in [0.717, 1.165) is 0 Å². The molecule has 0 saturated heterocycles. The van der Waals surface area contributed by atoms with E-state index in [1.807, 2.05) is 5.32 Å². The van der Waals surface area contributed by atoms with Crippen LogP contribution in [-0.2, 0) is 30.4 Å². The van der Waals surface area contributed by atoms with Crippen LogP contribution in [0.3, 0.4) is 0 Å². The maximum Gasteiger partial charge on any atom is 0.322 e. The summed E-state index contributed by atoms with van der Waals surface area (Å²) in [6.07, 6.45) is -1.98. The molecule has 0 aliphatic heterocycles. The highest BCUT2D eigenvalue weighted by Gasteiger charge is 2.31. The molecular formula is C19H27N5O8. The lowest BCUT2D eigenvalue weighted by atomic mass is 10.0. The van der Waals surface area contributed by atoms with E-state index in [1.165, 1.54) is 19.1 Å². The number of aromatic hydroxyl groups is 1. The van der Waals surface area contributed by atoms with E-state index in [1.54, 1.807) is 12.1 Å². The molecule has 32 heavy (non-hydrogen) atoms. The zero-order valence-electron chi connectivity index (χ0n) is 17.3. The number of rotatable bonds is 12. The molecule has 1 rings (SSSR count). The summed E-state index contributed by atoms with van der Waals surface area (Å²) >= 11 is 0. The molecule has 0 aliphatic rings. The highest BCUT2D eigenvalue weighted by Crippen LogP contribution is 2.11. The molecule has 13 nitrogen and oxygen atoms in total. The molecule has 0 fully saturated rings. The quantitative estimate of drug-likeness (QED) is 0.158. The van der Waals surface area contributed by atoms with Crippen molar-refractivity contribution >= 4 is 29.6 Å². The third kappa shape index (κ3) is 8.97. The fourth-order valence-electron chi connectivity index (χ4n) is 2.60. The van der Waals surface area contributed by atoms with Crippen LogP contribution in [0.4, 0.5) is 0 Å². The number of carbonyl (C=O) groups excluding carboxylic acids is 4. The van der Waals surface area contributed by atoms with Gasteiger partial charge in [0.2, 0.25) is 23.6 Å². The fourth-order valence-corrected chi connectivity index (χ4v) is 2.60. The number of carbonyl (C=O) groups is 5. The standard InChI is InChI=1S/C19H27N5O8/c1-9(25)16(19(32)22-8-15(28)29)24-18(31)13(7-14(21)27)23-17(30)12(20)6-10-2-4-11(26)5-3-10/h2-5,9,12-13,16,25-26H,6-8,20H2,1H3,(H2,21,27)(H,22,32)(H,23,30)(H,24,31)(H,28,29). The molecule has 0 radical (unpaired) electrons. The van der Waals surface area contributed by atoms with Gasteiger partial charge in [-0.25, -0.2) is 0 Å². The minimum absolute atomic E-state index is 0.0324. The van der Waals surface area contributed by atoms with Gasteiger partial charge in [0.1, 0.15) is 24.4 Å². The number of nitrogens with one attached hydrogen (secondary N) is 3. The highest BCUT2D eigenvalue weighted by molar-refractivity contribution is 5.96. The van der Waals surface area contributed by atoms with Crippen molar-refractivity contribution in [3.63, 3.8) is 0 Å². The number of benzene rings is 1. The predicted molar refractivity (Wildman–Crippen MR) is 110 cm³/mol. The number of primary amides is 1. The Labute approximate surface area is 183 Å². The third-order valence-corrected chi connectivity index (χ3v) is 4.24. The summed E-state index contributed by atoms with van der Waals surface area (Å²) in [6, 6.07) is 1.76. The summed E-state index contributed by atoms with van der Waals surface area (Å²) in [5.74, 6) is -5.01. The molecule has 0 bridgehead atoms. The number of aliphatic carboxylic acids is 1. The van der Waals surface area contributed by atoms with Crippen molar-refractivity contribution in [2.75, 3.05) is 6.54 Å².